The fourth-order valence-corrected chi connectivity index (χ4v) is 2.83. The summed E-state index contributed by atoms with van der Waals surface area (Å²) >= 11 is 5.89. The Balaban J connectivity index is 2.33. The molecule has 0 aliphatic carbocycles. The van der Waals surface area contributed by atoms with Crippen LogP contribution in [0.25, 0.3) is 0 Å². The summed E-state index contributed by atoms with van der Waals surface area (Å²) in [6.07, 6.45) is 3.47. The van der Waals surface area contributed by atoms with Gasteiger partial charge in [-0.05, 0) is 32.5 Å². The van der Waals surface area contributed by atoms with Crippen molar-refractivity contribution in [2.75, 3.05) is 31.6 Å². The SMILES string of the molecule is CCC1CN(C)CCCN1c1cc(C(=O)O)c(Cl)cn1. The molecule has 1 saturated heterocycles. The second kappa shape index (κ2) is 6.41. The summed E-state index contributed by atoms with van der Waals surface area (Å²) in [5.41, 5.74) is 0.115. The van der Waals surface area contributed by atoms with Crippen molar-refractivity contribution < 1.29 is 9.90 Å². The highest BCUT2D eigenvalue weighted by Gasteiger charge is 2.24. The minimum Gasteiger partial charge on any atom is -0.478 e. The lowest BCUT2D eigenvalue weighted by Gasteiger charge is -2.31. The number of anilines is 1. The number of hydrogen-bond donors (Lipinski definition) is 1. The number of aromatic nitrogens is 1. The van der Waals surface area contributed by atoms with E-state index in [1.807, 2.05) is 0 Å². The molecule has 1 N–H and O–H groups in total. The highest BCUT2D eigenvalue weighted by atomic mass is 35.5. The van der Waals surface area contributed by atoms with E-state index in [0.717, 1.165) is 32.5 Å². The number of likely N-dealkylation sites (N-methyl/N-ethyl adjacent to an activating group) is 1. The Morgan fingerprint density at radius 3 is 2.95 bits per heavy atom. The van der Waals surface area contributed by atoms with Crippen LogP contribution in [-0.4, -0.2) is 53.7 Å². The summed E-state index contributed by atoms with van der Waals surface area (Å²) in [6, 6.07) is 1.93. The van der Waals surface area contributed by atoms with Gasteiger partial charge in [0, 0.05) is 25.3 Å². The average Bonchev–Trinajstić information content (AvgIpc) is 2.60. The van der Waals surface area contributed by atoms with E-state index >= 15 is 0 Å². The molecular formula is C14H20ClN3O2. The third-order valence-electron chi connectivity index (χ3n) is 3.74. The lowest BCUT2D eigenvalue weighted by atomic mass is 10.1. The Kier molecular flexibility index (Phi) is 4.83. The zero-order chi connectivity index (χ0) is 14.7. The molecule has 0 amide bonds. The number of rotatable bonds is 3. The first-order chi connectivity index (χ1) is 9.52. The predicted molar refractivity (Wildman–Crippen MR) is 79.7 cm³/mol. The molecule has 1 aliphatic heterocycles. The summed E-state index contributed by atoms with van der Waals surface area (Å²) in [6.45, 7) is 5.04. The van der Waals surface area contributed by atoms with Gasteiger partial charge in [0.2, 0.25) is 0 Å². The maximum Gasteiger partial charge on any atom is 0.337 e. The van der Waals surface area contributed by atoms with Crippen LogP contribution in [0.2, 0.25) is 5.02 Å². The zero-order valence-corrected chi connectivity index (χ0v) is 12.6. The van der Waals surface area contributed by atoms with E-state index in [0.29, 0.717) is 11.9 Å². The molecule has 1 aromatic heterocycles. The molecule has 0 saturated carbocycles. The Morgan fingerprint density at radius 1 is 1.55 bits per heavy atom. The molecule has 20 heavy (non-hydrogen) atoms. The second-order valence-corrected chi connectivity index (χ2v) is 5.61. The molecule has 1 aromatic rings. The molecule has 0 aromatic carbocycles. The number of carbonyl (C=O) groups is 1. The van der Waals surface area contributed by atoms with Crippen LogP contribution >= 0.6 is 11.6 Å². The lowest BCUT2D eigenvalue weighted by molar-refractivity contribution is 0.0697. The molecule has 1 atom stereocenters. The fraction of sp³-hybridized carbons (Fsp3) is 0.571. The summed E-state index contributed by atoms with van der Waals surface area (Å²) in [5.74, 6) is -0.312. The van der Waals surface area contributed by atoms with Gasteiger partial charge < -0.3 is 14.9 Å². The van der Waals surface area contributed by atoms with Crippen molar-refractivity contribution in [3.05, 3.63) is 22.8 Å². The average molecular weight is 298 g/mol. The van der Waals surface area contributed by atoms with E-state index in [1.54, 1.807) is 6.07 Å². The predicted octanol–water partition coefficient (Wildman–Crippen LogP) is 2.35. The van der Waals surface area contributed by atoms with Gasteiger partial charge in [0.15, 0.2) is 0 Å². The third-order valence-corrected chi connectivity index (χ3v) is 4.04. The summed E-state index contributed by atoms with van der Waals surface area (Å²) in [7, 11) is 2.12. The maximum atomic E-state index is 11.2. The number of hydrogen-bond acceptors (Lipinski definition) is 4. The van der Waals surface area contributed by atoms with Crippen LogP contribution in [-0.2, 0) is 0 Å². The monoisotopic (exact) mass is 297 g/mol. The molecule has 0 radical (unpaired) electrons. The minimum absolute atomic E-state index is 0.115. The number of carboxylic acid groups (broad SMARTS) is 1. The van der Waals surface area contributed by atoms with Crippen molar-refractivity contribution >= 4 is 23.4 Å². The van der Waals surface area contributed by atoms with Gasteiger partial charge in [-0.25, -0.2) is 9.78 Å². The van der Waals surface area contributed by atoms with Crippen LogP contribution in [0.1, 0.15) is 30.1 Å². The summed E-state index contributed by atoms with van der Waals surface area (Å²) < 4.78 is 0. The van der Waals surface area contributed by atoms with Gasteiger partial charge >= 0.3 is 5.97 Å². The molecule has 5 nitrogen and oxygen atoms in total. The van der Waals surface area contributed by atoms with Crippen LogP contribution < -0.4 is 4.90 Å². The van der Waals surface area contributed by atoms with Gasteiger partial charge in [-0.1, -0.05) is 18.5 Å². The number of carboxylic acids is 1. The van der Waals surface area contributed by atoms with E-state index in [1.165, 1.54) is 6.20 Å². The van der Waals surface area contributed by atoms with Crippen LogP contribution in [0, 0.1) is 0 Å². The molecule has 6 heteroatoms. The summed E-state index contributed by atoms with van der Waals surface area (Å²) in [5, 5.41) is 9.35. The highest BCUT2D eigenvalue weighted by molar-refractivity contribution is 6.33. The van der Waals surface area contributed by atoms with Crippen molar-refractivity contribution in [2.45, 2.75) is 25.8 Å². The Bertz CT molecular complexity index is 495. The first-order valence-corrected chi connectivity index (χ1v) is 7.24. The van der Waals surface area contributed by atoms with E-state index in [9.17, 15) is 9.90 Å². The maximum absolute atomic E-state index is 11.2. The molecular weight excluding hydrogens is 278 g/mol. The van der Waals surface area contributed by atoms with E-state index in [4.69, 9.17) is 11.6 Å². The van der Waals surface area contributed by atoms with Gasteiger partial charge in [-0.15, -0.1) is 0 Å². The molecule has 1 aliphatic rings. The third kappa shape index (κ3) is 3.22. The fourth-order valence-electron chi connectivity index (χ4n) is 2.64. The Morgan fingerprint density at radius 2 is 2.30 bits per heavy atom. The van der Waals surface area contributed by atoms with E-state index in [-0.39, 0.29) is 10.6 Å². The van der Waals surface area contributed by atoms with Crippen molar-refractivity contribution in [3.63, 3.8) is 0 Å². The van der Waals surface area contributed by atoms with Gasteiger partial charge in [0.25, 0.3) is 0 Å². The van der Waals surface area contributed by atoms with E-state index < -0.39 is 5.97 Å². The minimum atomic E-state index is -1.02. The highest BCUT2D eigenvalue weighted by Crippen LogP contribution is 2.24. The van der Waals surface area contributed by atoms with Crippen LogP contribution in [0.15, 0.2) is 12.3 Å². The smallest absolute Gasteiger partial charge is 0.337 e. The topological polar surface area (TPSA) is 56.7 Å². The molecule has 0 bridgehead atoms. The molecule has 110 valence electrons. The quantitative estimate of drug-likeness (QED) is 0.928. The zero-order valence-electron chi connectivity index (χ0n) is 11.8. The van der Waals surface area contributed by atoms with Crippen LogP contribution in [0.3, 0.4) is 0 Å². The van der Waals surface area contributed by atoms with Crippen molar-refractivity contribution in [1.82, 2.24) is 9.88 Å². The first-order valence-electron chi connectivity index (χ1n) is 6.87. The molecule has 1 fully saturated rings. The first kappa shape index (κ1) is 15.1. The normalized spacial score (nSPS) is 20.8. The number of halogens is 1. The van der Waals surface area contributed by atoms with Gasteiger partial charge in [0.1, 0.15) is 5.82 Å². The summed E-state index contributed by atoms with van der Waals surface area (Å²) in [4.78, 5) is 20.0. The van der Waals surface area contributed by atoms with Crippen LogP contribution in [0.4, 0.5) is 5.82 Å². The van der Waals surface area contributed by atoms with Crippen molar-refractivity contribution in [2.24, 2.45) is 0 Å². The number of nitrogens with zero attached hydrogens (tertiary/aromatic N) is 3. The van der Waals surface area contributed by atoms with Gasteiger partial charge in [-0.3, -0.25) is 0 Å². The number of pyridine rings is 1. The molecule has 1 unspecified atom stereocenters. The van der Waals surface area contributed by atoms with E-state index in [2.05, 4.69) is 28.8 Å². The lowest BCUT2D eigenvalue weighted by Crippen LogP contribution is -2.40. The molecule has 2 rings (SSSR count). The Hall–Kier alpha value is -1.33. The van der Waals surface area contributed by atoms with Crippen molar-refractivity contribution in [1.29, 1.82) is 0 Å². The standard InChI is InChI=1S/C14H20ClN3O2/c1-3-10-9-17(2)5-4-6-18(10)13-7-11(14(19)20)12(15)8-16-13/h7-8,10H,3-6,9H2,1-2H3,(H,19,20). The van der Waals surface area contributed by atoms with Crippen LogP contribution in [0.5, 0.6) is 0 Å². The van der Waals surface area contributed by atoms with Gasteiger partial charge in [-0.2, -0.15) is 0 Å². The number of aromatic carboxylic acids is 1. The largest absolute Gasteiger partial charge is 0.478 e. The molecule has 2 heterocycles. The second-order valence-electron chi connectivity index (χ2n) is 5.20. The van der Waals surface area contributed by atoms with Crippen molar-refractivity contribution in [3.8, 4) is 0 Å². The molecule has 0 spiro atoms. The Labute approximate surface area is 124 Å². The van der Waals surface area contributed by atoms with Gasteiger partial charge in [0.05, 0.1) is 10.6 Å².